The highest BCUT2D eigenvalue weighted by molar-refractivity contribution is 7.90. The van der Waals surface area contributed by atoms with Crippen molar-refractivity contribution in [3.8, 4) is 6.07 Å². The van der Waals surface area contributed by atoms with Crippen molar-refractivity contribution in [2.75, 3.05) is 23.9 Å². The van der Waals surface area contributed by atoms with Crippen LogP contribution >= 0.6 is 0 Å². The summed E-state index contributed by atoms with van der Waals surface area (Å²) in [4.78, 5) is 0. The van der Waals surface area contributed by atoms with Gasteiger partial charge in [0.15, 0.2) is 5.82 Å². The van der Waals surface area contributed by atoms with Crippen LogP contribution in [0.1, 0.15) is 16.8 Å². The standard InChI is InChI=1S/C10H14N4O2S/c1-7-8(2)13-14-10(9(7)6-11)12-4-5-17(3,15)16/h4-5H2,1-3H3,(H,12,14). The number of rotatable bonds is 4. The Bertz CT molecular complexity index is 560. The largest absolute Gasteiger partial charge is 0.366 e. The first-order valence-electron chi connectivity index (χ1n) is 5.00. The average Bonchev–Trinajstić information content (AvgIpc) is 2.22. The first-order valence-corrected chi connectivity index (χ1v) is 7.07. The molecule has 7 heteroatoms. The van der Waals surface area contributed by atoms with Crippen LogP contribution in [0.25, 0.3) is 0 Å². The summed E-state index contributed by atoms with van der Waals surface area (Å²) in [5.74, 6) is 0.325. The number of nitrogens with zero attached hydrogens (tertiary/aromatic N) is 3. The van der Waals surface area contributed by atoms with Crippen LogP contribution in [-0.2, 0) is 9.84 Å². The molecule has 0 aliphatic heterocycles. The topological polar surface area (TPSA) is 95.7 Å². The number of aryl methyl sites for hydroxylation is 1. The van der Waals surface area contributed by atoms with E-state index < -0.39 is 9.84 Å². The molecule has 0 fully saturated rings. The minimum atomic E-state index is -3.03. The van der Waals surface area contributed by atoms with E-state index in [1.165, 1.54) is 0 Å². The van der Waals surface area contributed by atoms with E-state index in [-0.39, 0.29) is 12.3 Å². The van der Waals surface area contributed by atoms with Crippen molar-refractivity contribution in [2.24, 2.45) is 0 Å². The molecule has 0 saturated heterocycles. The van der Waals surface area contributed by atoms with Gasteiger partial charge < -0.3 is 5.32 Å². The van der Waals surface area contributed by atoms with Crippen molar-refractivity contribution in [3.63, 3.8) is 0 Å². The summed E-state index contributed by atoms with van der Waals surface area (Å²) in [6, 6.07) is 2.04. The number of nitriles is 1. The van der Waals surface area contributed by atoms with E-state index in [1.807, 2.05) is 6.07 Å². The Morgan fingerprint density at radius 1 is 1.35 bits per heavy atom. The lowest BCUT2D eigenvalue weighted by molar-refractivity contribution is 0.602. The number of hydrogen-bond donors (Lipinski definition) is 1. The van der Waals surface area contributed by atoms with Gasteiger partial charge in [-0.1, -0.05) is 0 Å². The molecular weight excluding hydrogens is 240 g/mol. The lowest BCUT2D eigenvalue weighted by Crippen LogP contribution is -2.16. The second-order valence-corrected chi connectivity index (χ2v) is 6.06. The monoisotopic (exact) mass is 254 g/mol. The molecule has 0 aliphatic rings. The fourth-order valence-electron chi connectivity index (χ4n) is 1.22. The van der Waals surface area contributed by atoms with Crippen LogP contribution in [0.4, 0.5) is 5.82 Å². The minimum absolute atomic E-state index is 0.00747. The summed E-state index contributed by atoms with van der Waals surface area (Å²) >= 11 is 0. The van der Waals surface area contributed by atoms with E-state index in [0.29, 0.717) is 17.1 Å². The van der Waals surface area contributed by atoms with Gasteiger partial charge in [0.25, 0.3) is 0 Å². The third-order valence-corrected chi connectivity index (χ3v) is 3.28. The summed E-state index contributed by atoms with van der Waals surface area (Å²) in [5, 5.41) is 19.6. The average molecular weight is 254 g/mol. The van der Waals surface area contributed by atoms with Gasteiger partial charge in [0.2, 0.25) is 0 Å². The van der Waals surface area contributed by atoms with E-state index in [0.717, 1.165) is 11.8 Å². The fraction of sp³-hybridized carbons (Fsp3) is 0.500. The number of sulfone groups is 1. The van der Waals surface area contributed by atoms with Gasteiger partial charge in [-0.15, -0.1) is 5.10 Å². The molecule has 17 heavy (non-hydrogen) atoms. The second kappa shape index (κ2) is 5.10. The maximum atomic E-state index is 11.0. The van der Waals surface area contributed by atoms with E-state index in [1.54, 1.807) is 13.8 Å². The van der Waals surface area contributed by atoms with Crippen molar-refractivity contribution < 1.29 is 8.42 Å². The van der Waals surface area contributed by atoms with Crippen LogP contribution in [0.3, 0.4) is 0 Å². The molecule has 0 amide bonds. The molecule has 0 unspecified atom stereocenters. The molecule has 1 aromatic heterocycles. The van der Waals surface area contributed by atoms with Crippen LogP contribution in [0.15, 0.2) is 0 Å². The number of aromatic nitrogens is 2. The van der Waals surface area contributed by atoms with Gasteiger partial charge in [-0.25, -0.2) is 8.42 Å². The van der Waals surface area contributed by atoms with Crippen LogP contribution < -0.4 is 5.32 Å². The molecule has 0 aromatic carbocycles. The molecule has 1 heterocycles. The first-order chi connectivity index (χ1) is 7.85. The summed E-state index contributed by atoms with van der Waals surface area (Å²) in [6.07, 6.45) is 1.16. The highest BCUT2D eigenvalue weighted by Gasteiger charge is 2.11. The number of hydrogen-bond acceptors (Lipinski definition) is 6. The Labute approximate surface area is 101 Å². The SMILES string of the molecule is Cc1nnc(NCCS(C)(=O)=O)c(C#N)c1C. The molecule has 1 aromatic rings. The molecule has 0 radical (unpaired) electrons. The Balaban J connectivity index is 2.86. The molecule has 0 atom stereocenters. The third-order valence-electron chi connectivity index (χ3n) is 2.33. The Kier molecular flexibility index (Phi) is 4.02. The van der Waals surface area contributed by atoms with Gasteiger partial charge in [-0.3, -0.25) is 0 Å². The number of anilines is 1. The fourth-order valence-corrected chi connectivity index (χ4v) is 1.70. The zero-order valence-corrected chi connectivity index (χ0v) is 10.8. The van der Waals surface area contributed by atoms with Crippen LogP contribution in [0, 0.1) is 25.2 Å². The maximum absolute atomic E-state index is 11.0. The molecule has 1 rings (SSSR count). The highest BCUT2D eigenvalue weighted by atomic mass is 32.2. The lowest BCUT2D eigenvalue weighted by atomic mass is 10.1. The quantitative estimate of drug-likeness (QED) is 0.836. The van der Waals surface area contributed by atoms with E-state index >= 15 is 0 Å². The molecule has 6 nitrogen and oxygen atoms in total. The Morgan fingerprint density at radius 2 is 2.00 bits per heavy atom. The maximum Gasteiger partial charge on any atom is 0.166 e. The van der Waals surface area contributed by atoms with Gasteiger partial charge in [0, 0.05) is 12.8 Å². The van der Waals surface area contributed by atoms with E-state index in [9.17, 15) is 8.42 Å². The van der Waals surface area contributed by atoms with Gasteiger partial charge in [0.1, 0.15) is 21.5 Å². The molecule has 0 saturated carbocycles. The van der Waals surface area contributed by atoms with Gasteiger partial charge in [-0.05, 0) is 19.4 Å². The minimum Gasteiger partial charge on any atom is -0.366 e. The zero-order chi connectivity index (χ0) is 13.1. The van der Waals surface area contributed by atoms with E-state index in [4.69, 9.17) is 5.26 Å². The van der Waals surface area contributed by atoms with E-state index in [2.05, 4.69) is 15.5 Å². The normalized spacial score (nSPS) is 10.9. The summed E-state index contributed by atoms with van der Waals surface area (Å²) < 4.78 is 21.9. The summed E-state index contributed by atoms with van der Waals surface area (Å²) in [6.45, 7) is 3.76. The summed E-state index contributed by atoms with van der Waals surface area (Å²) in [7, 11) is -3.03. The third kappa shape index (κ3) is 3.67. The van der Waals surface area contributed by atoms with Gasteiger partial charge >= 0.3 is 0 Å². The first kappa shape index (κ1) is 13.4. The Hall–Kier alpha value is -1.68. The number of nitrogens with one attached hydrogen (secondary N) is 1. The van der Waals surface area contributed by atoms with Crippen molar-refractivity contribution in [1.82, 2.24) is 10.2 Å². The Morgan fingerprint density at radius 3 is 2.53 bits per heavy atom. The zero-order valence-electron chi connectivity index (χ0n) is 9.98. The van der Waals surface area contributed by atoms with Crippen molar-refractivity contribution >= 4 is 15.7 Å². The van der Waals surface area contributed by atoms with Crippen molar-refractivity contribution in [3.05, 3.63) is 16.8 Å². The van der Waals surface area contributed by atoms with Gasteiger partial charge in [0.05, 0.1) is 11.4 Å². The predicted molar refractivity (Wildman–Crippen MR) is 64.4 cm³/mol. The smallest absolute Gasteiger partial charge is 0.166 e. The van der Waals surface area contributed by atoms with Crippen molar-refractivity contribution in [1.29, 1.82) is 5.26 Å². The molecule has 92 valence electrons. The second-order valence-electron chi connectivity index (χ2n) is 3.80. The molecule has 0 aliphatic carbocycles. The van der Waals surface area contributed by atoms with Crippen LogP contribution in [-0.4, -0.2) is 37.2 Å². The van der Waals surface area contributed by atoms with Crippen LogP contribution in [0.5, 0.6) is 0 Å². The predicted octanol–water partition coefficient (Wildman–Crippen LogP) is 0.422. The summed E-state index contributed by atoms with van der Waals surface area (Å²) in [5.41, 5.74) is 1.85. The highest BCUT2D eigenvalue weighted by Crippen LogP contribution is 2.16. The molecule has 0 spiro atoms. The lowest BCUT2D eigenvalue weighted by Gasteiger charge is -2.08. The molecular formula is C10H14N4O2S. The molecule has 0 bridgehead atoms. The molecule has 1 N–H and O–H groups in total. The van der Waals surface area contributed by atoms with Crippen LogP contribution in [0.2, 0.25) is 0 Å². The van der Waals surface area contributed by atoms with Crippen molar-refractivity contribution in [2.45, 2.75) is 13.8 Å². The van der Waals surface area contributed by atoms with Gasteiger partial charge in [-0.2, -0.15) is 10.4 Å².